The maximum absolute atomic E-state index is 3.61. The van der Waals surface area contributed by atoms with E-state index in [1.165, 1.54) is 45.3 Å². The molecule has 0 bridgehead atoms. The molecule has 0 saturated carbocycles. The molecule has 0 aromatic carbocycles. The minimum Gasteiger partial charge on any atom is -0.313 e. The average Bonchev–Trinajstić information content (AvgIpc) is 2.46. The first-order valence-electron chi connectivity index (χ1n) is 6.66. The highest BCUT2D eigenvalue weighted by Gasteiger charge is 2.09. The molecule has 0 aromatic heterocycles. The minimum absolute atomic E-state index is 0.650. The molecular formula is C13H28N2. The fourth-order valence-electron chi connectivity index (χ4n) is 2.05. The molecule has 1 N–H and O–H groups in total. The molecule has 0 radical (unpaired) electrons. The van der Waals surface area contributed by atoms with Crippen LogP contribution in [0.25, 0.3) is 0 Å². The Morgan fingerprint density at radius 3 is 2.13 bits per heavy atom. The van der Waals surface area contributed by atoms with E-state index in [0.717, 1.165) is 12.5 Å². The quantitative estimate of drug-likeness (QED) is 0.753. The lowest BCUT2D eigenvalue weighted by Crippen LogP contribution is -2.38. The van der Waals surface area contributed by atoms with Crippen LogP contribution in [0.3, 0.4) is 0 Å². The molecule has 1 aliphatic rings. The molecule has 1 unspecified atom stereocenters. The van der Waals surface area contributed by atoms with E-state index in [1.54, 1.807) is 0 Å². The van der Waals surface area contributed by atoms with Crippen molar-refractivity contribution in [1.29, 1.82) is 0 Å². The number of hydrogen-bond acceptors (Lipinski definition) is 2. The van der Waals surface area contributed by atoms with E-state index < -0.39 is 0 Å². The summed E-state index contributed by atoms with van der Waals surface area (Å²) in [6.45, 7) is 11.9. The van der Waals surface area contributed by atoms with E-state index in [2.05, 4.69) is 31.0 Å². The normalized spacial score (nSPS) is 21.6. The highest BCUT2D eigenvalue weighted by Crippen LogP contribution is 2.08. The minimum atomic E-state index is 0.650. The standard InChI is InChI=1S/C13H28N2/c1-12(2)13(3)14-8-11-15-9-6-4-5-7-10-15/h12-14H,4-11H2,1-3H3. The highest BCUT2D eigenvalue weighted by molar-refractivity contribution is 4.68. The third kappa shape index (κ3) is 5.53. The lowest BCUT2D eigenvalue weighted by atomic mass is 10.1. The van der Waals surface area contributed by atoms with E-state index >= 15 is 0 Å². The molecule has 1 heterocycles. The van der Waals surface area contributed by atoms with Gasteiger partial charge in [0.1, 0.15) is 0 Å². The van der Waals surface area contributed by atoms with Gasteiger partial charge in [-0.25, -0.2) is 0 Å². The molecule has 2 nitrogen and oxygen atoms in total. The van der Waals surface area contributed by atoms with Crippen molar-refractivity contribution in [2.24, 2.45) is 5.92 Å². The zero-order valence-corrected chi connectivity index (χ0v) is 10.8. The summed E-state index contributed by atoms with van der Waals surface area (Å²) in [5.41, 5.74) is 0. The molecule has 15 heavy (non-hydrogen) atoms. The van der Waals surface area contributed by atoms with Crippen molar-refractivity contribution in [2.45, 2.75) is 52.5 Å². The van der Waals surface area contributed by atoms with Crippen molar-refractivity contribution >= 4 is 0 Å². The summed E-state index contributed by atoms with van der Waals surface area (Å²) in [6.07, 6.45) is 5.68. The van der Waals surface area contributed by atoms with Gasteiger partial charge >= 0.3 is 0 Å². The second-order valence-electron chi connectivity index (χ2n) is 5.24. The Balaban J connectivity index is 2.07. The fourth-order valence-corrected chi connectivity index (χ4v) is 2.05. The number of likely N-dealkylation sites (tertiary alicyclic amines) is 1. The first kappa shape index (κ1) is 13.0. The summed E-state index contributed by atoms with van der Waals surface area (Å²) < 4.78 is 0. The third-order valence-corrected chi connectivity index (χ3v) is 3.59. The van der Waals surface area contributed by atoms with E-state index in [0.29, 0.717) is 6.04 Å². The number of nitrogens with zero attached hydrogens (tertiary/aromatic N) is 1. The van der Waals surface area contributed by atoms with Gasteiger partial charge in [0.15, 0.2) is 0 Å². The van der Waals surface area contributed by atoms with Gasteiger partial charge in [0, 0.05) is 19.1 Å². The zero-order valence-electron chi connectivity index (χ0n) is 10.8. The monoisotopic (exact) mass is 212 g/mol. The summed E-state index contributed by atoms with van der Waals surface area (Å²) in [4.78, 5) is 2.62. The van der Waals surface area contributed by atoms with Crippen molar-refractivity contribution in [1.82, 2.24) is 10.2 Å². The molecular weight excluding hydrogens is 184 g/mol. The SMILES string of the molecule is CC(C)C(C)NCCN1CCCCCC1. The number of hydrogen-bond donors (Lipinski definition) is 1. The lowest BCUT2D eigenvalue weighted by Gasteiger charge is -2.23. The van der Waals surface area contributed by atoms with Crippen LogP contribution < -0.4 is 5.32 Å². The Bertz CT molecular complexity index is 149. The van der Waals surface area contributed by atoms with Crippen LogP contribution in [0.4, 0.5) is 0 Å². The van der Waals surface area contributed by atoms with Crippen LogP contribution in [-0.2, 0) is 0 Å². The topological polar surface area (TPSA) is 15.3 Å². The molecule has 0 aliphatic carbocycles. The van der Waals surface area contributed by atoms with Gasteiger partial charge in [-0.1, -0.05) is 26.7 Å². The van der Waals surface area contributed by atoms with Crippen molar-refractivity contribution in [3.8, 4) is 0 Å². The Labute approximate surface area is 95.4 Å². The fraction of sp³-hybridized carbons (Fsp3) is 1.00. The van der Waals surface area contributed by atoms with Crippen molar-refractivity contribution in [3.05, 3.63) is 0 Å². The first-order valence-corrected chi connectivity index (χ1v) is 6.66. The van der Waals surface area contributed by atoms with Gasteiger partial charge in [0.2, 0.25) is 0 Å². The summed E-state index contributed by atoms with van der Waals surface area (Å²) in [7, 11) is 0. The molecule has 0 amide bonds. The van der Waals surface area contributed by atoms with Gasteiger partial charge < -0.3 is 10.2 Å². The van der Waals surface area contributed by atoms with Crippen LogP contribution in [0, 0.1) is 5.92 Å². The summed E-state index contributed by atoms with van der Waals surface area (Å²) >= 11 is 0. The largest absolute Gasteiger partial charge is 0.313 e. The van der Waals surface area contributed by atoms with Crippen LogP contribution in [0.1, 0.15) is 46.5 Å². The molecule has 1 fully saturated rings. The van der Waals surface area contributed by atoms with Gasteiger partial charge in [-0.2, -0.15) is 0 Å². The molecule has 1 rings (SSSR count). The Kier molecular flexibility index (Phi) is 6.26. The van der Waals surface area contributed by atoms with E-state index in [-0.39, 0.29) is 0 Å². The molecule has 1 saturated heterocycles. The second-order valence-corrected chi connectivity index (χ2v) is 5.24. The van der Waals surface area contributed by atoms with Crippen molar-refractivity contribution < 1.29 is 0 Å². The maximum Gasteiger partial charge on any atom is 0.0107 e. The second kappa shape index (κ2) is 7.24. The van der Waals surface area contributed by atoms with Crippen LogP contribution in [0.2, 0.25) is 0 Å². The zero-order chi connectivity index (χ0) is 11.1. The summed E-state index contributed by atoms with van der Waals surface area (Å²) in [6, 6.07) is 0.650. The van der Waals surface area contributed by atoms with Crippen molar-refractivity contribution in [2.75, 3.05) is 26.2 Å². The first-order chi connectivity index (χ1) is 7.20. The maximum atomic E-state index is 3.61. The number of nitrogens with one attached hydrogen (secondary N) is 1. The number of rotatable bonds is 5. The molecule has 90 valence electrons. The van der Waals surface area contributed by atoms with E-state index in [4.69, 9.17) is 0 Å². The molecule has 0 spiro atoms. The summed E-state index contributed by atoms with van der Waals surface area (Å²) in [5.74, 6) is 0.745. The molecule has 0 aromatic rings. The van der Waals surface area contributed by atoms with Gasteiger partial charge in [-0.05, 0) is 38.8 Å². The van der Waals surface area contributed by atoms with Gasteiger partial charge in [-0.15, -0.1) is 0 Å². The van der Waals surface area contributed by atoms with Gasteiger partial charge in [0.05, 0.1) is 0 Å². The van der Waals surface area contributed by atoms with Gasteiger partial charge in [-0.3, -0.25) is 0 Å². The van der Waals surface area contributed by atoms with Crippen LogP contribution in [-0.4, -0.2) is 37.1 Å². The van der Waals surface area contributed by atoms with Crippen LogP contribution in [0.15, 0.2) is 0 Å². The molecule has 1 aliphatic heterocycles. The van der Waals surface area contributed by atoms with Crippen LogP contribution >= 0.6 is 0 Å². The van der Waals surface area contributed by atoms with Crippen LogP contribution in [0.5, 0.6) is 0 Å². The lowest BCUT2D eigenvalue weighted by molar-refractivity contribution is 0.274. The van der Waals surface area contributed by atoms with Gasteiger partial charge in [0.25, 0.3) is 0 Å². The Hall–Kier alpha value is -0.0800. The smallest absolute Gasteiger partial charge is 0.0107 e. The summed E-state index contributed by atoms with van der Waals surface area (Å²) in [5, 5.41) is 3.61. The van der Waals surface area contributed by atoms with E-state index in [9.17, 15) is 0 Å². The molecule has 2 heteroatoms. The Morgan fingerprint density at radius 1 is 1.00 bits per heavy atom. The Morgan fingerprint density at radius 2 is 1.60 bits per heavy atom. The molecule has 1 atom stereocenters. The van der Waals surface area contributed by atoms with E-state index in [1.807, 2.05) is 0 Å². The average molecular weight is 212 g/mol. The third-order valence-electron chi connectivity index (χ3n) is 3.59. The van der Waals surface area contributed by atoms with Crippen molar-refractivity contribution in [3.63, 3.8) is 0 Å². The predicted octanol–water partition coefficient (Wildman–Crippen LogP) is 2.50. The highest BCUT2D eigenvalue weighted by atomic mass is 15.1. The predicted molar refractivity (Wildman–Crippen MR) is 67.2 cm³/mol.